The van der Waals surface area contributed by atoms with Crippen molar-refractivity contribution < 1.29 is 9.53 Å². The van der Waals surface area contributed by atoms with Crippen molar-refractivity contribution in [1.82, 2.24) is 0 Å². The summed E-state index contributed by atoms with van der Waals surface area (Å²) in [6.07, 6.45) is 2.89. The van der Waals surface area contributed by atoms with Crippen molar-refractivity contribution in [3.63, 3.8) is 0 Å². The van der Waals surface area contributed by atoms with E-state index in [1.807, 2.05) is 0 Å². The number of anilines is 1. The third-order valence-electron chi connectivity index (χ3n) is 4.35. The number of ketones is 1. The van der Waals surface area contributed by atoms with Gasteiger partial charge in [0.25, 0.3) is 0 Å². The molecule has 0 spiro atoms. The molecule has 19 heavy (non-hydrogen) atoms. The van der Waals surface area contributed by atoms with E-state index in [-0.39, 0.29) is 5.92 Å². The summed E-state index contributed by atoms with van der Waals surface area (Å²) in [5, 5.41) is 0. The molecule has 3 rings (SSSR count). The number of aryl methyl sites for hydroxylation is 1. The standard InChI is InChI=1S/C16H21NO2/c1-12-6-7-13-4-2-3-5-15(13)17(12)10-14-11-19-9-8-16(14)18/h2-5,12,14H,6-11H2,1H3. The molecule has 2 unspecified atom stereocenters. The van der Waals surface area contributed by atoms with Crippen LogP contribution >= 0.6 is 0 Å². The van der Waals surface area contributed by atoms with Crippen molar-refractivity contribution in [2.24, 2.45) is 5.92 Å². The Kier molecular flexibility index (Phi) is 3.56. The van der Waals surface area contributed by atoms with Crippen molar-refractivity contribution in [1.29, 1.82) is 0 Å². The first kappa shape index (κ1) is 12.7. The van der Waals surface area contributed by atoms with Crippen LogP contribution in [0.1, 0.15) is 25.3 Å². The van der Waals surface area contributed by atoms with Gasteiger partial charge in [-0.3, -0.25) is 4.79 Å². The second kappa shape index (κ2) is 5.33. The molecule has 0 bridgehead atoms. The maximum Gasteiger partial charge on any atom is 0.142 e. The van der Waals surface area contributed by atoms with Gasteiger partial charge in [-0.2, -0.15) is 0 Å². The molecule has 102 valence electrons. The van der Waals surface area contributed by atoms with E-state index in [9.17, 15) is 4.79 Å². The Morgan fingerprint density at radius 3 is 3.00 bits per heavy atom. The van der Waals surface area contributed by atoms with E-state index in [0.29, 0.717) is 31.5 Å². The summed E-state index contributed by atoms with van der Waals surface area (Å²) in [5.74, 6) is 0.406. The zero-order valence-electron chi connectivity index (χ0n) is 11.5. The lowest BCUT2D eigenvalue weighted by Crippen LogP contribution is -2.44. The predicted octanol–water partition coefficient (Wildman–Crippen LogP) is 2.43. The van der Waals surface area contributed by atoms with Crippen LogP contribution in [0, 0.1) is 5.92 Å². The molecule has 1 fully saturated rings. The normalized spacial score (nSPS) is 27.2. The number of benzene rings is 1. The lowest BCUT2D eigenvalue weighted by Gasteiger charge is -2.39. The predicted molar refractivity (Wildman–Crippen MR) is 75.5 cm³/mol. The number of para-hydroxylation sites is 1. The topological polar surface area (TPSA) is 29.5 Å². The van der Waals surface area contributed by atoms with Crippen LogP contribution in [-0.4, -0.2) is 31.6 Å². The molecule has 0 saturated carbocycles. The Balaban J connectivity index is 1.81. The molecule has 0 amide bonds. The molecule has 0 radical (unpaired) electrons. The minimum atomic E-state index is 0.0438. The van der Waals surface area contributed by atoms with E-state index >= 15 is 0 Å². The van der Waals surface area contributed by atoms with E-state index in [1.54, 1.807) is 0 Å². The maximum atomic E-state index is 12.0. The maximum absolute atomic E-state index is 12.0. The van der Waals surface area contributed by atoms with E-state index in [4.69, 9.17) is 4.74 Å². The van der Waals surface area contributed by atoms with E-state index in [2.05, 4.69) is 36.1 Å². The van der Waals surface area contributed by atoms with Crippen LogP contribution in [0.5, 0.6) is 0 Å². The molecule has 2 aliphatic rings. The fourth-order valence-electron chi connectivity index (χ4n) is 3.13. The Morgan fingerprint density at radius 2 is 2.16 bits per heavy atom. The summed E-state index contributed by atoms with van der Waals surface area (Å²) in [7, 11) is 0. The van der Waals surface area contributed by atoms with Gasteiger partial charge in [-0.1, -0.05) is 18.2 Å². The molecule has 0 aliphatic carbocycles. The van der Waals surface area contributed by atoms with Gasteiger partial charge < -0.3 is 9.64 Å². The fraction of sp³-hybridized carbons (Fsp3) is 0.562. The number of Topliss-reactive ketones (excluding diaryl/α,β-unsaturated/α-hetero) is 1. The zero-order chi connectivity index (χ0) is 13.2. The quantitative estimate of drug-likeness (QED) is 0.817. The van der Waals surface area contributed by atoms with Crippen molar-refractivity contribution in [2.45, 2.75) is 32.2 Å². The first-order valence-corrected chi connectivity index (χ1v) is 7.20. The van der Waals surface area contributed by atoms with Gasteiger partial charge in [-0.15, -0.1) is 0 Å². The summed E-state index contributed by atoms with van der Waals surface area (Å²) >= 11 is 0. The molecule has 2 heterocycles. The highest BCUT2D eigenvalue weighted by molar-refractivity contribution is 5.82. The highest BCUT2D eigenvalue weighted by Crippen LogP contribution is 2.31. The monoisotopic (exact) mass is 259 g/mol. The smallest absolute Gasteiger partial charge is 0.142 e. The first-order valence-electron chi connectivity index (χ1n) is 7.20. The number of hydrogen-bond acceptors (Lipinski definition) is 3. The van der Waals surface area contributed by atoms with Crippen LogP contribution in [0.2, 0.25) is 0 Å². The molecule has 0 aromatic heterocycles. The molecule has 1 aromatic carbocycles. The lowest BCUT2D eigenvalue weighted by atomic mass is 9.93. The molecule has 0 N–H and O–H groups in total. The van der Waals surface area contributed by atoms with E-state index in [0.717, 1.165) is 13.0 Å². The molecule has 1 aromatic rings. The first-order chi connectivity index (χ1) is 9.25. The highest BCUT2D eigenvalue weighted by Gasteiger charge is 2.29. The summed E-state index contributed by atoms with van der Waals surface area (Å²) < 4.78 is 5.47. The molecular formula is C16H21NO2. The van der Waals surface area contributed by atoms with Gasteiger partial charge in [0.1, 0.15) is 5.78 Å². The van der Waals surface area contributed by atoms with Crippen LogP contribution in [-0.2, 0) is 16.0 Å². The van der Waals surface area contributed by atoms with Gasteiger partial charge in [0.15, 0.2) is 0 Å². The van der Waals surface area contributed by atoms with Crippen LogP contribution in [0.3, 0.4) is 0 Å². The van der Waals surface area contributed by atoms with Crippen molar-refractivity contribution in [3.8, 4) is 0 Å². The fourth-order valence-corrected chi connectivity index (χ4v) is 3.13. The lowest BCUT2D eigenvalue weighted by molar-refractivity contribution is -0.129. The van der Waals surface area contributed by atoms with Gasteiger partial charge in [0.2, 0.25) is 0 Å². The van der Waals surface area contributed by atoms with E-state index < -0.39 is 0 Å². The third kappa shape index (κ3) is 2.52. The van der Waals surface area contributed by atoms with Crippen LogP contribution in [0.4, 0.5) is 5.69 Å². The zero-order valence-corrected chi connectivity index (χ0v) is 11.5. The van der Waals surface area contributed by atoms with Gasteiger partial charge in [-0.25, -0.2) is 0 Å². The SMILES string of the molecule is CC1CCc2ccccc2N1CC1COCCC1=O. The van der Waals surface area contributed by atoms with Crippen molar-refractivity contribution in [2.75, 3.05) is 24.7 Å². The molecule has 3 heteroatoms. The average Bonchev–Trinajstić information content (AvgIpc) is 2.44. The summed E-state index contributed by atoms with van der Waals surface area (Å²) in [6.45, 7) is 4.24. The third-order valence-corrected chi connectivity index (χ3v) is 4.35. The highest BCUT2D eigenvalue weighted by atomic mass is 16.5. The number of nitrogens with zero attached hydrogens (tertiary/aromatic N) is 1. The number of hydrogen-bond donors (Lipinski definition) is 0. The van der Waals surface area contributed by atoms with Crippen molar-refractivity contribution >= 4 is 11.5 Å². The Morgan fingerprint density at radius 1 is 1.32 bits per heavy atom. The second-order valence-corrected chi connectivity index (χ2v) is 5.66. The molecule has 2 atom stereocenters. The molecule has 1 saturated heterocycles. The summed E-state index contributed by atoms with van der Waals surface area (Å²) in [6, 6.07) is 9.07. The van der Waals surface area contributed by atoms with Crippen LogP contribution in [0.15, 0.2) is 24.3 Å². The second-order valence-electron chi connectivity index (χ2n) is 5.66. The molecular weight excluding hydrogens is 238 g/mol. The Bertz CT molecular complexity index is 472. The largest absolute Gasteiger partial charge is 0.380 e. The minimum Gasteiger partial charge on any atom is -0.380 e. The Hall–Kier alpha value is -1.35. The Labute approximate surface area is 114 Å². The number of ether oxygens (including phenoxy) is 1. The van der Waals surface area contributed by atoms with Gasteiger partial charge in [-0.05, 0) is 31.4 Å². The van der Waals surface area contributed by atoms with E-state index in [1.165, 1.54) is 17.7 Å². The van der Waals surface area contributed by atoms with Gasteiger partial charge in [0, 0.05) is 24.7 Å². The van der Waals surface area contributed by atoms with Crippen molar-refractivity contribution in [3.05, 3.63) is 29.8 Å². The van der Waals surface area contributed by atoms with Crippen LogP contribution in [0.25, 0.3) is 0 Å². The number of rotatable bonds is 2. The number of fused-ring (bicyclic) bond motifs is 1. The summed E-state index contributed by atoms with van der Waals surface area (Å²) in [5.41, 5.74) is 2.71. The number of carbonyl (C=O) groups is 1. The number of carbonyl (C=O) groups excluding carboxylic acids is 1. The van der Waals surface area contributed by atoms with Crippen LogP contribution < -0.4 is 4.90 Å². The summed E-state index contributed by atoms with van der Waals surface area (Å²) in [4.78, 5) is 14.4. The molecule has 2 aliphatic heterocycles. The van der Waals surface area contributed by atoms with Gasteiger partial charge in [0.05, 0.1) is 19.1 Å². The minimum absolute atomic E-state index is 0.0438. The van der Waals surface area contributed by atoms with Gasteiger partial charge >= 0.3 is 0 Å². The molecule has 3 nitrogen and oxygen atoms in total. The average molecular weight is 259 g/mol.